The number of halogens is 1. The van der Waals surface area contributed by atoms with Gasteiger partial charge in [0.05, 0.1) is 18.9 Å². The number of hydrogen-bond donors (Lipinski definition) is 1. The Kier molecular flexibility index (Phi) is 5.65. The lowest BCUT2D eigenvalue weighted by atomic mass is 10.2. The molecule has 0 saturated heterocycles. The fraction of sp³-hybridized carbons (Fsp3) is 0.312. The molecule has 106 valence electrons. The molecule has 2 rings (SSSR count). The van der Waals surface area contributed by atoms with E-state index in [1.54, 1.807) is 18.2 Å². The fourth-order valence-electron chi connectivity index (χ4n) is 1.80. The number of aromatic nitrogens is 1. The minimum Gasteiger partial charge on any atom is -0.370 e. The van der Waals surface area contributed by atoms with E-state index < -0.39 is 0 Å². The van der Waals surface area contributed by atoms with Crippen LogP contribution in [0.25, 0.3) is 0 Å². The molecule has 0 amide bonds. The molecule has 1 aromatic carbocycles. The maximum Gasteiger partial charge on any atom is 0.128 e. The molecule has 0 aliphatic rings. The topological polar surface area (TPSA) is 34.1 Å². The van der Waals surface area contributed by atoms with Gasteiger partial charge in [0.25, 0.3) is 0 Å². The largest absolute Gasteiger partial charge is 0.370 e. The molecule has 4 heteroatoms. The summed E-state index contributed by atoms with van der Waals surface area (Å²) in [6.45, 7) is 4.47. The quantitative estimate of drug-likeness (QED) is 0.842. The Labute approximate surface area is 118 Å². The molecule has 0 bridgehead atoms. The highest BCUT2D eigenvalue weighted by molar-refractivity contribution is 5.16. The summed E-state index contributed by atoms with van der Waals surface area (Å²) in [5.74, 6) is -0.235. The van der Waals surface area contributed by atoms with Crippen molar-refractivity contribution in [1.82, 2.24) is 10.3 Å². The van der Waals surface area contributed by atoms with Crippen molar-refractivity contribution in [1.29, 1.82) is 0 Å². The van der Waals surface area contributed by atoms with E-state index >= 15 is 0 Å². The highest BCUT2D eigenvalue weighted by atomic mass is 19.1. The summed E-state index contributed by atoms with van der Waals surface area (Å²) in [5, 5.41) is 3.24. The van der Waals surface area contributed by atoms with Crippen LogP contribution in [0.3, 0.4) is 0 Å². The Morgan fingerprint density at radius 2 is 2.00 bits per heavy atom. The van der Waals surface area contributed by atoms with Gasteiger partial charge in [-0.3, -0.25) is 4.98 Å². The Balaban J connectivity index is 1.81. The van der Waals surface area contributed by atoms with E-state index in [1.165, 1.54) is 6.07 Å². The normalized spacial score (nSPS) is 10.7. The number of nitrogens with zero attached hydrogens (tertiary/aromatic N) is 1. The van der Waals surface area contributed by atoms with Crippen LogP contribution in [0.2, 0.25) is 0 Å². The Morgan fingerprint density at radius 3 is 2.70 bits per heavy atom. The Morgan fingerprint density at radius 1 is 1.15 bits per heavy atom. The van der Waals surface area contributed by atoms with Crippen molar-refractivity contribution in [2.45, 2.75) is 26.7 Å². The number of pyridine rings is 1. The van der Waals surface area contributed by atoms with Gasteiger partial charge in [-0.1, -0.05) is 31.2 Å². The lowest BCUT2D eigenvalue weighted by Gasteiger charge is -2.06. The monoisotopic (exact) mass is 274 g/mol. The molecule has 0 unspecified atom stereocenters. The van der Waals surface area contributed by atoms with Gasteiger partial charge in [-0.2, -0.15) is 0 Å². The third-order valence-corrected chi connectivity index (χ3v) is 2.93. The second kappa shape index (κ2) is 7.72. The van der Waals surface area contributed by atoms with Crippen LogP contribution in [-0.4, -0.2) is 11.5 Å². The summed E-state index contributed by atoms with van der Waals surface area (Å²) in [6.07, 6.45) is 1.84. The van der Waals surface area contributed by atoms with Crippen LogP contribution in [-0.2, 0) is 24.5 Å². The molecule has 1 aromatic heterocycles. The number of ether oxygens (including phenoxy) is 1. The number of hydrogen-bond acceptors (Lipinski definition) is 3. The number of rotatable bonds is 7. The van der Waals surface area contributed by atoms with Gasteiger partial charge in [0.2, 0.25) is 0 Å². The molecule has 0 aliphatic heterocycles. The summed E-state index contributed by atoms with van der Waals surface area (Å²) >= 11 is 0. The molecular formula is C16H19FN2O. The van der Waals surface area contributed by atoms with E-state index in [0.29, 0.717) is 12.2 Å². The number of benzene rings is 1. The van der Waals surface area contributed by atoms with E-state index in [1.807, 2.05) is 18.3 Å². The van der Waals surface area contributed by atoms with E-state index in [4.69, 9.17) is 4.74 Å². The van der Waals surface area contributed by atoms with Gasteiger partial charge in [-0.15, -0.1) is 0 Å². The van der Waals surface area contributed by atoms with Crippen LogP contribution in [0.5, 0.6) is 0 Å². The van der Waals surface area contributed by atoms with Gasteiger partial charge in [-0.05, 0) is 24.2 Å². The van der Waals surface area contributed by atoms with Crippen LogP contribution in [0, 0.1) is 5.82 Å². The molecule has 0 radical (unpaired) electrons. The summed E-state index contributed by atoms with van der Waals surface area (Å²) < 4.78 is 18.9. The van der Waals surface area contributed by atoms with Crippen LogP contribution in [0.15, 0.2) is 42.6 Å². The third-order valence-electron chi connectivity index (χ3n) is 2.93. The molecule has 0 aliphatic carbocycles. The summed E-state index contributed by atoms with van der Waals surface area (Å²) in [4.78, 5) is 4.33. The molecule has 1 heterocycles. The average Bonchev–Trinajstić information content (AvgIpc) is 2.48. The SMILES string of the molecule is CCNCc1ccc(COCc2ccccc2F)nc1. The minimum atomic E-state index is -0.235. The second-order valence-electron chi connectivity index (χ2n) is 4.52. The molecule has 0 atom stereocenters. The first-order chi connectivity index (χ1) is 9.79. The highest BCUT2D eigenvalue weighted by Gasteiger charge is 2.01. The van der Waals surface area contributed by atoms with Gasteiger partial charge in [-0.25, -0.2) is 4.39 Å². The lowest BCUT2D eigenvalue weighted by molar-refractivity contribution is 0.102. The molecule has 20 heavy (non-hydrogen) atoms. The van der Waals surface area contributed by atoms with Crippen molar-refractivity contribution in [3.8, 4) is 0 Å². The molecule has 0 saturated carbocycles. The van der Waals surface area contributed by atoms with Crippen molar-refractivity contribution in [3.63, 3.8) is 0 Å². The average molecular weight is 274 g/mol. The van der Waals surface area contributed by atoms with Gasteiger partial charge >= 0.3 is 0 Å². The standard InChI is InChI=1S/C16H19FN2O/c1-2-18-9-13-7-8-15(19-10-13)12-20-11-14-5-3-4-6-16(14)17/h3-8,10,18H,2,9,11-12H2,1H3. The van der Waals surface area contributed by atoms with Crippen molar-refractivity contribution in [2.75, 3.05) is 6.54 Å². The summed E-state index contributed by atoms with van der Waals surface area (Å²) in [5.41, 5.74) is 2.56. The van der Waals surface area contributed by atoms with Crippen molar-refractivity contribution in [3.05, 3.63) is 65.2 Å². The van der Waals surface area contributed by atoms with Crippen LogP contribution < -0.4 is 5.32 Å². The van der Waals surface area contributed by atoms with E-state index in [9.17, 15) is 4.39 Å². The third kappa shape index (κ3) is 4.40. The Hall–Kier alpha value is -1.78. The molecule has 0 spiro atoms. The van der Waals surface area contributed by atoms with E-state index in [-0.39, 0.29) is 12.4 Å². The van der Waals surface area contributed by atoms with E-state index in [2.05, 4.69) is 17.2 Å². The predicted molar refractivity (Wildman–Crippen MR) is 76.5 cm³/mol. The summed E-state index contributed by atoms with van der Waals surface area (Å²) in [6, 6.07) is 10.6. The first kappa shape index (κ1) is 14.6. The van der Waals surface area contributed by atoms with Gasteiger partial charge in [0, 0.05) is 18.3 Å². The lowest BCUT2D eigenvalue weighted by Crippen LogP contribution is -2.12. The van der Waals surface area contributed by atoms with E-state index in [0.717, 1.165) is 24.3 Å². The smallest absolute Gasteiger partial charge is 0.128 e. The molecule has 2 aromatic rings. The first-order valence-corrected chi connectivity index (χ1v) is 6.75. The molecular weight excluding hydrogens is 255 g/mol. The zero-order valence-corrected chi connectivity index (χ0v) is 11.6. The first-order valence-electron chi connectivity index (χ1n) is 6.75. The van der Waals surface area contributed by atoms with Gasteiger partial charge in [0.15, 0.2) is 0 Å². The zero-order chi connectivity index (χ0) is 14.2. The number of nitrogens with one attached hydrogen (secondary N) is 1. The fourth-order valence-corrected chi connectivity index (χ4v) is 1.80. The maximum absolute atomic E-state index is 13.4. The molecule has 0 fully saturated rings. The van der Waals surface area contributed by atoms with Crippen molar-refractivity contribution in [2.24, 2.45) is 0 Å². The molecule has 3 nitrogen and oxygen atoms in total. The van der Waals surface area contributed by atoms with Crippen molar-refractivity contribution < 1.29 is 9.13 Å². The van der Waals surface area contributed by atoms with Crippen molar-refractivity contribution >= 4 is 0 Å². The van der Waals surface area contributed by atoms with Gasteiger partial charge in [0.1, 0.15) is 5.82 Å². The Bertz CT molecular complexity index is 528. The summed E-state index contributed by atoms with van der Waals surface area (Å²) in [7, 11) is 0. The van der Waals surface area contributed by atoms with Gasteiger partial charge < -0.3 is 10.1 Å². The highest BCUT2D eigenvalue weighted by Crippen LogP contribution is 2.09. The van der Waals surface area contributed by atoms with Crippen LogP contribution in [0.1, 0.15) is 23.7 Å². The van der Waals surface area contributed by atoms with Crippen LogP contribution in [0.4, 0.5) is 4.39 Å². The molecule has 1 N–H and O–H groups in total. The minimum absolute atomic E-state index is 0.235. The predicted octanol–water partition coefficient (Wildman–Crippen LogP) is 3.05. The maximum atomic E-state index is 13.4. The second-order valence-corrected chi connectivity index (χ2v) is 4.52. The zero-order valence-electron chi connectivity index (χ0n) is 11.6. The van der Waals surface area contributed by atoms with Crippen LogP contribution >= 0.6 is 0 Å².